The second-order valence-corrected chi connectivity index (χ2v) is 7.75. The molecule has 4 heterocycles. The third-order valence-corrected chi connectivity index (χ3v) is 5.60. The second-order valence-electron chi connectivity index (χ2n) is 6.65. The normalized spacial score (nSPS) is 18.2. The molecule has 0 spiro atoms. The largest absolute Gasteiger partial charge is 0.297 e. The first kappa shape index (κ1) is 15.8. The average Bonchev–Trinajstić information content (AvgIpc) is 2.55. The van der Waals surface area contributed by atoms with Gasteiger partial charge in [-0.15, -0.1) is 0 Å². The van der Waals surface area contributed by atoms with E-state index in [1.165, 1.54) is 0 Å². The highest BCUT2D eigenvalue weighted by Gasteiger charge is 2.28. The minimum absolute atomic E-state index is 0.0408. The second kappa shape index (κ2) is 6.64. The predicted molar refractivity (Wildman–Crippen MR) is 93.9 cm³/mol. The first-order valence-corrected chi connectivity index (χ1v) is 9.50. The molecule has 0 unspecified atom stereocenters. The summed E-state index contributed by atoms with van der Waals surface area (Å²) in [7, 11) is 0. The zero-order chi connectivity index (χ0) is 16.5. The molecule has 0 N–H and O–H groups in total. The number of hydrogen-bond donors (Lipinski definition) is 0. The van der Waals surface area contributed by atoms with Gasteiger partial charge in [-0.2, -0.15) is 16.9 Å². The van der Waals surface area contributed by atoms with Gasteiger partial charge in [-0.05, 0) is 18.2 Å². The molecule has 0 saturated carbocycles. The molecular weight excluding hydrogens is 322 g/mol. The Morgan fingerprint density at radius 3 is 2.96 bits per heavy atom. The van der Waals surface area contributed by atoms with Crippen LogP contribution in [0.15, 0.2) is 23.3 Å². The number of fused-ring (bicyclic) bond motifs is 1. The summed E-state index contributed by atoms with van der Waals surface area (Å²) in [6.07, 6.45) is 4.63. The van der Waals surface area contributed by atoms with E-state index in [-0.39, 0.29) is 5.56 Å². The van der Waals surface area contributed by atoms with Crippen LogP contribution in [0.1, 0.15) is 22.6 Å². The van der Waals surface area contributed by atoms with Gasteiger partial charge in [-0.3, -0.25) is 19.7 Å². The van der Waals surface area contributed by atoms with Gasteiger partial charge in [-0.25, -0.2) is 4.68 Å². The number of aromatic nitrogens is 4. The molecule has 0 aromatic carbocycles. The first-order valence-electron chi connectivity index (χ1n) is 8.35. The van der Waals surface area contributed by atoms with Gasteiger partial charge in [0.1, 0.15) is 0 Å². The van der Waals surface area contributed by atoms with E-state index >= 15 is 0 Å². The monoisotopic (exact) mass is 343 g/mol. The molecule has 6 nitrogen and oxygen atoms in total. The number of nitrogens with zero attached hydrogens (tertiary/aromatic N) is 5. The molecule has 126 valence electrons. The Bertz CT molecular complexity index is 783. The summed E-state index contributed by atoms with van der Waals surface area (Å²) in [5, 5.41) is 4.60. The molecule has 0 atom stereocenters. The van der Waals surface area contributed by atoms with Gasteiger partial charge in [0.2, 0.25) is 0 Å². The highest BCUT2D eigenvalue weighted by Crippen LogP contribution is 2.22. The van der Waals surface area contributed by atoms with Crippen LogP contribution in [0.3, 0.4) is 0 Å². The quantitative estimate of drug-likeness (QED) is 0.833. The third-order valence-electron chi connectivity index (χ3n) is 4.59. The highest BCUT2D eigenvalue weighted by atomic mass is 32.2. The zero-order valence-electron chi connectivity index (χ0n) is 13.8. The lowest BCUT2D eigenvalue weighted by Crippen LogP contribution is -2.49. The minimum atomic E-state index is 0.0408. The maximum atomic E-state index is 12.2. The summed E-state index contributed by atoms with van der Waals surface area (Å²) in [5.41, 5.74) is 4.22. The molecule has 4 rings (SSSR count). The first-order chi connectivity index (χ1) is 11.7. The van der Waals surface area contributed by atoms with Gasteiger partial charge in [0.25, 0.3) is 5.56 Å². The number of likely N-dealkylation sites (tertiary alicyclic amines) is 1. The van der Waals surface area contributed by atoms with Crippen molar-refractivity contribution in [3.63, 3.8) is 0 Å². The van der Waals surface area contributed by atoms with Gasteiger partial charge in [-0.1, -0.05) is 0 Å². The van der Waals surface area contributed by atoms with E-state index in [1.54, 1.807) is 10.7 Å². The molecule has 0 radical (unpaired) electrons. The van der Waals surface area contributed by atoms with Crippen LogP contribution in [-0.4, -0.2) is 43.5 Å². The molecule has 7 heteroatoms. The van der Waals surface area contributed by atoms with Crippen molar-refractivity contribution in [3.8, 4) is 0 Å². The van der Waals surface area contributed by atoms with Gasteiger partial charge in [0.15, 0.2) is 0 Å². The van der Waals surface area contributed by atoms with E-state index in [9.17, 15) is 4.79 Å². The Balaban J connectivity index is 1.35. The van der Waals surface area contributed by atoms with E-state index in [4.69, 9.17) is 0 Å². The fourth-order valence-corrected chi connectivity index (χ4v) is 4.23. The van der Waals surface area contributed by atoms with E-state index in [2.05, 4.69) is 20.0 Å². The average molecular weight is 343 g/mol. The van der Waals surface area contributed by atoms with Crippen molar-refractivity contribution in [3.05, 3.63) is 51.5 Å². The molecule has 2 aromatic heterocycles. The SMILES string of the molecule is Cc1cnc(CN2CC(Cn3nc4c(cc3=O)CSCC4)C2)cn1. The summed E-state index contributed by atoms with van der Waals surface area (Å²) in [6.45, 7) is 5.45. The van der Waals surface area contributed by atoms with Crippen LogP contribution in [0.5, 0.6) is 0 Å². The smallest absolute Gasteiger partial charge is 0.267 e. The lowest BCUT2D eigenvalue weighted by molar-refractivity contribution is 0.0751. The van der Waals surface area contributed by atoms with Crippen molar-refractivity contribution in [1.82, 2.24) is 24.6 Å². The standard InChI is InChI=1S/C17H21N5OS/c1-12-5-19-15(6-18-12)10-21-7-13(8-21)9-22-17(23)4-14-11-24-3-2-16(14)20-22/h4-6,13H,2-3,7-11H2,1H3. The summed E-state index contributed by atoms with van der Waals surface area (Å²) in [5.74, 6) is 2.52. The van der Waals surface area contributed by atoms with Crippen LogP contribution < -0.4 is 5.56 Å². The summed E-state index contributed by atoms with van der Waals surface area (Å²) in [6, 6.07) is 1.78. The van der Waals surface area contributed by atoms with Crippen molar-refractivity contribution >= 4 is 11.8 Å². The van der Waals surface area contributed by atoms with Crippen LogP contribution in [0.25, 0.3) is 0 Å². The van der Waals surface area contributed by atoms with Gasteiger partial charge in [0, 0.05) is 56.2 Å². The molecule has 1 saturated heterocycles. The van der Waals surface area contributed by atoms with Crippen LogP contribution in [0, 0.1) is 12.8 Å². The van der Waals surface area contributed by atoms with E-state index in [0.29, 0.717) is 5.92 Å². The molecule has 2 aliphatic heterocycles. The van der Waals surface area contributed by atoms with Gasteiger partial charge in [0.05, 0.1) is 23.6 Å². The molecule has 1 fully saturated rings. The van der Waals surface area contributed by atoms with Crippen LogP contribution in [-0.2, 0) is 25.3 Å². The Morgan fingerprint density at radius 2 is 2.17 bits per heavy atom. The number of aryl methyl sites for hydroxylation is 2. The van der Waals surface area contributed by atoms with Gasteiger partial charge >= 0.3 is 0 Å². The molecule has 2 aliphatic rings. The predicted octanol–water partition coefficient (Wildman–Crippen LogP) is 1.26. The number of thioether (sulfide) groups is 1. The minimum Gasteiger partial charge on any atom is -0.297 e. The summed E-state index contributed by atoms with van der Waals surface area (Å²) >= 11 is 1.88. The van der Waals surface area contributed by atoms with Crippen LogP contribution in [0.2, 0.25) is 0 Å². The fraction of sp³-hybridized carbons (Fsp3) is 0.529. The lowest BCUT2D eigenvalue weighted by Gasteiger charge is -2.39. The van der Waals surface area contributed by atoms with Crippen molar-refractivity contribution in [2.24, 2.45) is 5.92 Å². The Hall–Kier alpha value is -1.73. The maximum Gasteiger partial charge on any atom is 0.267 e. The van der Waals surface area contributed by atoms with Crippen molar-refractivity contribution in [2.45, 2.75) is 32.2 Å². The number of rotatable bonds is 4. The van der Waals surface area contributed by atoms with Crippen molar-refractivity contribution in [1.29, 1.82) is 0 Å². The molecular formula is C17H21N5OS. The molecule has 0 amide bonds. The van der Waals surface area contributed by atoms with Crippen molar-refractivity contribution in [2.75, 3.05) is 18.8 Å². The zero-order valence-corrected chi connectivity index (χ0v) is 14.6. The van der Waals surface area contributed by atoms with Crippen molar-refractivity contribution < 1.29 is 0 Å². The number of hydrogen-bond acceptors (Lipinski definition) is 6. The Labute approximate surface area is 145 Å². The highest BCUT2D eigenvalue weighted by molar-refractivity contribution is 7.98. The van der Waals surface area contributed by atoms with Crippen LogP contribution >= 0.6 is 11.8 Å². The van der Waals surface area contributed by atoms with E-state index < -0.39 is 0 Å². The Morgan fingerprint density at radius 1 is 1.29 bits per heavy atom. The Kier molecular flexibility index (Phi) is 4.37. The van der Waals surface area contributed by atoms with E-state index in [0.717, 1.165) is 66.8 Å². The summed E-state index contributed by atoms with van der Waals surface area (Å²) in [4.78, 5) is 23.2. The summed E-state index contributed by atoms with van der Waals surface area (Å²) < 4.78 is 1.67. The third kappa shape index (κ3) is 3.37. The van der Waals surface area contributed by atoms with E-state index in [1.807, 2.05) is 31.1 Å². The molecule has 0 aliphatic carbocycles. The molecule has 24 heavy (non-hydrogen) atoms. The topological polar surface area (TPSA) is 63.9 Å². The van der Waals surface area contributed by atoms with Gasteiger partial charge < -0.3 is 0 Å². The molecule has 0 bridgehead atoms. The fourth-order valence-electron chi connectivity index (χ4n) is 3.28. The maximum absolute atomic E-state index is 12.2. The van der Waals surface area contributed by atoms with Crippen LogP contribution in [0.4, 0.5) is 0 Å². The lowest BCUT2D eigenvalue weighted by atomic mass is 10.00. The molecule has 2 aromatic rings.